The fourth-order valence-corrected chi connectivity index (χ4v) is 3.01. The number of piperazine rings is 1. The number of rotatable bonds is 5. The second-order valence-electron chi connectivity index (χ2n) is 6.03. The van der Waals surface area contributed by atoms with Crippen LogP contribution in [0, 0.1) is 0 Å². The maximum atomic E-state index is 12.1. The van der Waals surface area contributed by atoms with Gasteiger partial charge in [-0.15, -0.1) is 0 Å². The Bertz CT molecular complexity index is 329. The Labute approximate surface area is 123 Å². The van der Waals surface area contributed by atoms with Crippen LogP contribution in [0.15, 0.2) is 12.2 Å². The summed E-state index contributed by atoms with van der Waals surface area (Å²) in [6.45, 7) is 11.6. The molecular weight excluding hydrogens is 250 g/mol. The lowest BCUT2D eigenvalue weighted by atomic mass is 10.2. The molecule has 0 spiro atoms. The highest BCUT2D eigenvalue weighted by molar-refractivity contribution is 5.87. The van der Waals surface area contributed by atoms with Crippen molar-refractivity contribution in [3.8, 4) is 0 Å². The van der Waals surface area contributed by atoms with Gasteiger partial charge in [0.25, 0.3) is 0 Å². The van der Waals surface area contributed by atoms with Crippen LogP contribution >= 0.6 is 0 Å². The molecule has 0 aromatic heterocycles. The predicted octanol–water partition coefficient (Wildman–Crippen LogP) is 1.58. The first kappa shape index (κ1) is 15.5. The molecule has 0 N–H and O–H groups in total. The van der Waals surface area contributed by atoms with Gasteiger partial charge in [-0.1, -0.05) is 13.0 Å². The van der Waals surface area contributed by atoms with Gasteiger partial charge in [-0.2, -0.15) is 0 Å². The normalized spacial score (nSPS) is 23.6. The zero-order chi connectivity index (χ0) is 14.4. The molecule has 2 fully saturated rings. The molecule has 4 nitrogen and oxygen atoms in total. The summed E-state index contributed by atoms with van der Waals surface area (Å²) < 4.78 is 0. The fourth-order valence-electron chi connectivity index (χ4n) is 3.01. The van der Waals surface area contributed by atoms with Crippen molar-refractivity contribution in [2.45, 2.75) is 39.2 Å². The topological polar surface area (TPSA) is 26.8 Å². The van der Waals surface area contributed by atoms with Gasteiger partial charge in [-0.3, -0.25) is 14.6 Å². The Balaban J connectivity index is 1.69. The average Bonchev–Trinajstić information content (AvgIpc) is 2.99. The van der Waals surface area contributed by atoms with E-state index >= 15 is 0 Å². The maximum Gasteiger partial charge on any atom is 0.246 e. The fraction of sp³-hybridized carbons (Fsp3) is 0.812. The highest BCUT2D eigenvalue weighted by atomic mass is 16.2. The predicted molar refractivity (Wildman–Crippen MR) is 82.7 cm³/mol. The van der Waals surface area contributed by atoms with E-state index in [1.165, 1.54) is 32.4 Å². The highest BCUT2D eigenvalue weighted by Crippen LogP contribution is 2.09. The third-order valence-electron chi connectivity index (χ3n) is 4.66. The number of hydrogen-bond acceptors (Lipinski definition) is 3. The summed E-state index contributed by atoms with van der Waals surface area (Å²) in [7, 11) is 0. The van der Waals surface area contributed by atoms with E-state index in [1.807, 2.05) is 11.0 Å². The quantitative estimate of drug-likeness (QED) is 0.715. The molecule has 0 aromatic rings. The van der Waals surface area contributed by atoms with Gasteiger partial charge < -0.3 is 4.90 Å². The number of carbonyl (C=O) groups is 1. The molecule has 4 heteroatoms. The Morgan fingerprint density at radius 1 is 1.10 bits per heavy atom. The summed E-state index contributed by atoms with van der Waals surface area (Å²) >= 11 is 0. The Hall–Kier alpha value is -0.870. The number of amides is 1. The van der Waals surface area contributed by atoms with Crippen molar-refractivity contribution < 1.29 is 4.79 Å². The Morgan fingerprint density at radius 2 is 1.75 bits per heavy atom. The number of carbonyl (C=O) groups excluding carboxylic acids is 1. The van der Waals surface area contributed by atoms with Gasteiger partial charge >= 0.3 is 0 Å². The molecule has 2 aliphatic rings. The van der Waals surface area contributed by atoms with Crippen molar-refractivity contribution >= 4 is 5.91 Å². The van der Waals surface area contributed by atoms with Gasteiger partial charge in [-0.05, 0) is 39.3 Å². The van der Waals surface area contributed by atoms with E-state index in [-0.39, 0.29) is 5.91 Å². The second-order valence-corrected chi connectivity index (χ2v) is 6.03. The van der Waals surface area contributed by atoms with E-state index in [4.69, 9.17) is 0 Å². The average molecular weight is 279 g/mol. The van der Waals surface area contributed by atoms with Crippen LogP contribution in [-0.2, 0) is 4.79 Å². The smallest absolute Gasteiger partial charge is 0.246 e. The summed E-state index contributed by atoms with van der Waals surface area (Å²) in [6.07, 6.45) is 7.61. The molecule has 2 aliphatic heterocycles. The van der Waals surface area contributed by atoms with Crippen molar-refractivity contribution in [1.29, 1.82) is 0 Å². The summed E-state index contributed by atoms with van der Waals surface area (Å²) in [6, 6.07) is 0.637. The van der Waals surface area contributed by atoms with Gasteiger partial charge in [0, 0.05) is 44.8 Å². The summed E-state index contributed by atoms with van der Waals surface area (Å²) in [5.41, 5.74) is 0. The second kappa shape index (κ2) is 7.79. The van der Waals surface area contributed by atoms with Gasteiger partial charge in [-0.25, -0.2) is 0 Å². The summed E-state index contributed by atoms with van der Waals surface area (Å²) in [5.74, 6) is 0.188. The van der Waals surface area contributed by atoms with E-state index < -0.39 is 0 Å². The molecule has 0 radical (unpaired) electrons. The molecule has 1 amide bonds. The lowest BCUT2D eigenvalue weighted by molar-refractivity contribution is -0.128. The van der Waals surface area contributed by atoms with E-state index in [2.05, 4.69) is 23.6 Å². The van der Waals surface area contributed by atoms with Gasteiger partial charge in [0.1, 0.15) is 0 Å². The van der Waals surface area contributed by atoms with E-state index in [0.29, 0.717) is 6.04 Å². The molecule has 114 valence electrons. The zero-order valence-electron chi connectivity index (χ0n) is 13.1. The zero-order valence-corrected chi connectivity index (χ0v) is 13.1. The molecular formula is C16H29N3O. The van der Waals surface area contributed by atoms with Gasteiger partial charge in [0.05, 0.1) is 0 Å². The van der Waals surface area contributed by atoms with Crippen LogP contribution in [-0.4, -0.2) is 72.5 Å². The number of likely N-dealkylation sites (tertiary alicyclic amines) is 1. The summed E-state index contributed by atoms with van der Waals surface area (Å²) in [5, 5.41) is 0. The number of nitrogens with zero attached hydrogens (tertiary/aromatic N) is 3. The molecule has 2 saturated heterocycles. The van der Waals surface area contributed by atoms with Crippen molar-refractivity contribution in [3.63, 3.8) is 0 Å². The molecule has 0 aromatic carbocycles. The molecule has 1 atom stereocenters. The lowest BCUT2D eigenvalue weighted by Gasteiger charge is -2.37. The third kappa shape index (κ3) is 4.32. The van der Waals surface area contributed by atoms with Crippen molar-refractivity contribution in [3.05, 3.63) is 12.2 Å². The first-order chi connectivity index (χ1) is 9.70. The molecule has 20 heavy (non-hydrogen) atoms. The summed E-state index contributed by atoms with van der Waals surface area (Å²) in [4.78, 5) is 19.0. The minimum atomic E-state index is 0.188. The van der Waals surface area contributed by atoms with Crippen molar-refractivity contribution in [2.75, 3.05) is 45.8 Å². The molecule has 0 bridgehead atoms. The van der Waals surface area contributed by atoms with Crippen LogP contribution in [0.1, 0.15) is 33.1 Å². The molecule has 0 saturated carbocycles. The van der Waals surface area contributed by atoms with Crippen LogP contribution in [0.3, 0.4) is 0 Å². The van der Waals surface area contributed by atoms with Gasteiger partial charge in [0.2, 0.25) is 5.91 Å². The molecule has 2 heterocycles. The lowest BCUT2D eigenvalue weighted by Crippen LogP contribution is -2.50. The standard InChI is InChI=1S/C16H29N3O/c1-3-15(2)18-11-13-19(14-12-18)16(20)7-6-10-17-8-4-5-9-17/h6-7,15H,3-5,8-14H2,1-2H3/b7-6+. The third-order valence-corrected chi connectivity index (χ3v) is 4.66. The maximum absolute atomic E-state index is 12.1. The van der Waals surface area contributed by atoms with E-state index in [9.17, 15) is 4.79 Å². The Morgan fingerprint density at radius 3 is 2.35 bits per heavy atom. The first-order valence-corrected chi connectivity index (χ1v) is 8.12. The van der Waals surface area contributed by atoms with Crippen molar-refractivity contribution in [2.24, 2.45) is 0 Å². The monoisotopic (exact) mass is 279 g/mol. The van der Waals surface area contributed by atoms with E-state index in [0.717, 1.165) is 32.7 Å². The SMILES string of the molecule is CCC(C)N1CCN(C(=O)/C=C/CN2CCCC2)CC1. The van der Waals surface area contributed by atoms with Crippen LogP contribution in [0.25, 0.3) is 0 Å². The Kier molecular flexibility index (Phi) is 6.05. The van der Waals surface area contributed by atoms with Crippen molar-refractivity contribution in [1.82, 2.24) is 14.7 Å². The molecule has 0 aliphatic carbocycles. The molecule has 1 unspecified atom stereocenters. The van der Waals surface area contributed by atoms with E-state index in [1.54, 1.807) is 6.08 Å². The van der Waals surface area contributed by atoms with Crippen LogP contribution in [0.2, 0.25) is 0 Å². The number of hydrogen-bond donors (Lipinski definition) is 0. The van der Waals surface area contributed by atoms with Crippen LogP contribution in [0.4, 0.5) is 0 Å². The minimum absolute atomic E-state index is 0.188. The molecule has 2 rings (SSSR count). The largest absolute Gasteiger partial charge is 0.337 e. The van der Waals surface area contributed by atoms with Gasteiger partial charge in [0.15, 0.2) is 0 Å². The first-order valence-electron chi connectivity index (χ1n) is 8.12. The minimum Gasteiger partial charge on any atom is -0.337 e. The highest BCUT2D eigenvalue weighted by Gasteiger charge is 2.22. The van der Waals surface area contributed by atoms with Crippen LogP contribution in [0.5, 0.6) is 0 Å². The van der Waals surface area contributed by atoms with Crippen LogP contribution < -0.4 is 0 Å².